The summed E-state index contributed by atoms with van der Waals surface area (Å²) in [6.07, 6.45) is 6.06. The Morgan fingerprint density at radius 3 is 2.67 bits per heavy atom. The minimum atomic E-state index is 0.792. The average Bonchev–Trinajstić information content (AvgIpc) is 2.96. The van der Waals surface area contributed by atoms with Gasteiger partial charge in [0, 0.05) is 37.4 Å². The third kappa shape index (κ3) is 2.99. The van der Waals surface area contributed by atoms with Crippen molar-refractivity contribution in [1.29, 1.82) is 0 Å². The van der Waals surface area contributed by atoms with Gasteiger partial charge in [-0.1, -0.05) is 23.7 Å². The molecule has 1 aliphatic carbocycles. The summed E-state index contributed by atoms with van der Waals surface area (Å²) in [6, 6.07) is 9.05. The van der Waals surface area contributed by atoms with Crippen LogP contribution in [0, 0.1) is 24.2 Å². The molecule has 0 spiro atoms. The summed E-state index contributed by atoms with van der Waals surface area (Å²) in [5.41, 5.74) is 1.34. The van der Waals surface area contributed by atoms with Crippen LogP contribution in [0.25, 0.3) is 0 Å². The zero-order valence-corrected chi connectivity index (χ0v) is 13.1. The molecule has 0 N–H and O–H groups in total. The maximum Gasteiger partial charge on any atom is 0.0480 e. The summed E-state index contributed by atoms with van der Waals surface area (Å²) in [4.78, 5) is 2.72. The lowest BCUT2D eigenvalue weighted by molar-refractivity contribution is 0.0373. The molecule has 113 valence electrons. The molecule has 21 heavy (non-hydrogen) atoms. The van der Waals surface area contributed by atoms with Crippen LogP contribution in [0.5, 0.6) is 0 Å². The van der Waals surface area contributed by atoms with Gasteiger partial charge in [0.15, 0.2) is 0 Å². The molecule has 0 bridgehead atoms. The van der Waals surface area contributed by atoms with Crippen molar-refractivity contribution in [2.24, 2.45) is 17.8 Å². The quantitative estimate of drug-likeness (QED) is 0.845. The van der Waals surface area contributed by atoms with Crippen LogP contribution in [-0.4, -0.2) is 37.2 Å². The van der Waals surface area contributed by atoms with Crippen molar-refractivity contribution in [3.8, 4) is 0 Å². The van der Waals surface area contributed by atoms with Crippen LogP contribution in [0.3, 0.4) is 0 Å². The molecule has 2 aliphatic heterocycles. The molecule has 0 aromatic heterocycles. The smallest absolute Gasteiger partial charge is 0.0480 e. The largest absolute Gasteiger partial charge is 0.381 e. The normalized spacial score (nSPS) is 33.1. The topological polar surface area (TPSA) is 12.5 Å². The van der Waals surface area contributed by atoms with Crippen LogP contribution in [0.1, 0.15) is 18.4 Å². The van der Waals surface area contributed by atoms with Gasteiger partial charge in [0.1, 0.15) is 0 Å². The maximum atomic E-state index is 6.05. The van der Waals surface area contributed by atoms with Crippen LogP contribution < -0.4 is 0 Å². The molecule has 1 saturated carbocycles. The molecule has 2 saturated heterocycles. The van der Waals surface area contributed by atoms with E-state index in [1.807, 2.05) is 12.1 Å². The second-order valence-corrected chi connectivity index (χ2v) is 7.21. The Labute approximate surface area is 132 Å². The van der Waals surface area contributed by atoms with Crippen LogP contribution >= 0.6 is 11.6 Å². The van der Waals surface area contributed by atoms with Gasteiger partial charge in [-0.3, -0.25) is 4.90 Å². The van der Waals surface area contributed by atoms with E-state index < -0.39 is 0 Å². The predicted molar refractivity (Wildman–Crippen MR) is 85.3 cm³/mol. The zero-order valence-electron chi connectivity index (χ0n) is 12.4. The van der Waals surface area contributed by atoms with E-state index in [9.17, 15) is 0 Å². The molecular weight excluding hydrogens is 282 g/mol. The lowest BCUT2D eigenvalue weighted by Gasteiger charge is -2.32. The number of ether oxygens (including phenoxy) is 1. The average molecular weight is 305 g/mol. The highest BCUT2D eigenvalue weighted by Gasteiger charge is 2.55. The number of rotatable bonds is 4. The molecule has 3 fully saturated rings. The number of fused-ring (bicyclic) bond motifs is 1. The number of piperidine rings is 1. The standard InChI is InChI=1S/C18H23ClNO/c19-14-3-1-2-13(10-14)4-5-16-17-11-20(12-18(16)17)15-6-8-21-9-7-15/h1-3,5,10,15-18H,4,6-9,11-12H2. The van der Waals surface area contributed by atoms with E-state index in [2.05, 4.69) is 23.5 Å². The summed E-state index contributed by atoms with van der Waals surface area (Å²) < 4.78 is 5.47. The van der Waals surface area contributed by atoms with Gasteiger partial charge in [-0.2, -0.15) is 0 Å². The van der Waals surface area contributed by atoms with Crippen molar-refractivity contribution in [2.75, 3.05) is 26.3 Å². The van der Waals surface area contributed by atoms with Gasteiger partial charge in [0.2, 0.25) is 0 Å². The number of nitrogens with zero attached hydrogens (tertiary/aromatic N) is 1. The minimum absolute atomic E-state index is 0.792. The van der Waals surface area contributed by atoms with Crippen LogP contribution in [0.2, 0.25) is 5.02 Å². The molecule has 2 heterocycles. The van der Waals surface area contributed by atoms with Gasteiger partial charge in [-0.05, 0) is 61.1 Å². The molecule has 3 aliphatic rings. The summed E-state index contributed by atoms with van der Waals surface area (Å²) in [5.74, 6) is 2.69. The second-order valence-electron chi connectivity index (χ2n) is 6.77. The Hall–Kier alpha value is -0.570. The van der Waals surface area contributed by atoms with Gasteiger partial charge >= 0.3 is 0 Å². The first-order valence-electron chi connectivity index (χ1n) is 8.21. The van der Waals surface area contributed by atoms with Crippen molar-refractivity contribution in [1.82, 2.24) is 4.90 Å². The first kappa shape index (κ1) is 14.0. The SMILES string of the molecule is Clc1cccc(C[CH]C2C3CN(C4CCOCC4)CC23)c1. The molecule has 1 aromatic rings. The third-order valence-electron chi connectivity index (χ3n) is 5.51. The number of hydrogen-bond donors (Lipinski definition) is 0. The van der Waals surface area contributed by atoms with E-state index >= 15 is 0 Å². The summed E-state index contributed by atoms with van der Waals surface area (Å²) in [7, 11) is 0. The number of hydrogen-bond acceptors (Lipinski definition) is 2. The van der Waals surface area contributed by atoms with Crippen molar-refractivity contribution >= 4 is 11.6 Å². The second kappa shape index (κ2) is 5.91. The van der Waals surface area contributed by atoms with E-state index in [0.29, 0.717) is 0 Å². The van der Waals surface area contributed by atoms with E-state index in [0.717, 1.165) is 48.5 Å². The van der Waals surface area contributed by atoms with Crippen molar-refractivity contribution in [3.05, 3.63) is 41.3 Å². The molecule has 2 unspecified atom stereocenters. The highest BCUT2D eigenvalue weighted by atomic mass is 35.5. The molecule has 1 radical (unpaired) electrons. The van der Waals surface area contributed by atoms with Gasteiger partial charge in [0.05, 0.1) is 0 Å². The van der Waals surface area contributed by atoms with Crippen molar-refractivity contribution < 1.29 is 4.74 Å². The molecule has 2 nitrogen and oxygen atoms in total. The fourth-order valence-corrected chi connectivity index (χ4v) is 4.45. The first-order valence-corrected chi connectivity index (χ1v) is 8.58. The van der Waals surface area contributed by atoms with Gasteiger partial charge in [-0.25, -0.2) is 0 Å². The highest BCUT2D eigenvalue weighted by molar-refractivity contribution is 6.30. The fraction of sp³-hybridized carbons (Fsp3) is 0.611. The van der Waals surface area contributed by atoms with Crippen LogP contribution in [0.15, 0.2) is 24.3 Å². The van der Waals surface area contributed by atoms with Crippen molar-refractivity contribution in [3.63, 3.8) is 0 Å². The minimum Gasteiger partial charge on any atom is -0.381 e. The lowest BCUT2D eigenvalue weighted by atomic mass is 10.0. The predicted octanol–water partition coefficient (Wildman–Crippen LogP) is 3.44. The van der Waals surface area contributed by atoms with Crippen LogP contribution in [-0.2, 0) is 11.2 Å². The van der Waals surface area contributed by atoms with E-state index in [1.165, 1.54) is 31.5 Å². The summed E-state index contributed by atoms with van der Waals surface area (Å²) >= 11 is 6.05. The van der Waals surface area contributed by atoms with E-state index in [-0.39, 0.29) is 0 Å². The number of benzene rings is 1. The Bertz CT molecular complexity index is 488. The monoisotopic (exact) mass is 304 g/mol. The number of likely N-dealkylation sites (tertiary alicyclic amines) is 1. The zero-order chi connectivity index (χ0) is 14.2. The molecule has 2 atom stereocenters. The van der Waals surface area contributed by atoms with E-state index in [1.54, 1.807) is 0 Å². The van der Waals surface area contributed by atoms with Crippen molar-refractivity contribution in [2.45, 2.75) is 25.3 Å². The summed E-state index contributed by atoms with van der Waals surface area (Å²) in [5, 5.41) is 0.850. The Kier molecular flexibility index (Phi) is 3.95. The molecule has 3 heteroatoms. The van der Waals surface area contributed by atoms with Gasteiger partial charge in [0.25, 0.3) is 0 Å². The van der Waals surface area contributed by atoms with Gasteiger partial charge < -0.3 is 4.74 Å². The van der Waals surface area contributed by atoms with Crippen LogP contribution in [0.4, 0.5) is 0 Å². The Balaban J connectivity index is 1.25. The Morgan fingerprint density at radius 1 is 1.19 bits per heavy atom. The highest BCUT2D eigenvalue weighted by Crippen LogP contribution is 2.54. The first-order chi connectivity index (χ1) is 10.3. The lowest BCUT2D eigenvalue weighted by Crippen LogP contribution is -2.39. The third-order valence-corrected chi connectivity index (χ3v) is 5.75. The fourth-order valence-electron chi connectivity index (χ4n) is 4.24. The summed E-state index contributed by atoms with van der Waals surface area (Å²) in [6.45, 7) is 4.54. The number of halogens is 1. The molecular formula is C18H23ClNO. The maximum absolute atomic E-state index is 6.05. The van der Waals surface area contributed by atoms with Gasteiger partial charge in [-0.15, -0.1) is 0 Å². The van der Waals surface area contributed by atoms with E-state index in [4.69, 9.17) is 16.3 Å². The Morgan fingerprint density at radius 2 is 1.95 bits per heavy atom. The molecule has 0 amide bonds. The molecule has 4 rings (SSSR count). The molecule has 1 aromatic carbocycles.